The van der Waals surface area contributed by atoms with Gasteiger partial charge in [-0.2, -0.15) is 0 Å². The molecule has 1 amide bonds. The third-order valence-corrected chi connectivity index (χ3v) is 4.04. The Morgan fingerprint density at radius 2 is 1.78 bits per heavy atom. The molecule has 0 aliphatic carbocycles. The van der Waals surface area contributed by atoms with E-state index in [-0.39, 0.29) is 18.2 Å². The lowest BCUT2D eigenvalue weighted by molar-refractivity contribution is -0.114. The smallest absolute Gasteiger partial charge is 0.273 e. The maximum atomic E-state index is 12.1. The van der Waals surface area contributed by atoms with Crippen LogP contribution in [0.2, 0.25) is 10.0 Å². The second-order valence-corrected chi connectivity index (χ2v) is 6.34. The van der Waals surface area contributed by atoms with Crippen molar-refractivity contribution in [1.82, 2.24) is 5.32 Å². The molecule has 27 heavy (non-hydrogen) atoms. The number of benzene rings is 2. The topological polar surface area (TPSA) is 72.3 Å². The Morgan fingerprint density at radius 1 is 1.11 bits per heavy atom. The highest BCUT2D eigenvalue weighted by atomic mass is 35.5. The van der Waals surface area contributed by atoms with Gasteiger partial charge in [0.05, 0.1) is 5.71 Å². The summed E-state index contributed by atoms with van der Waals surface area (Å²) in [4.78, 5) is 22.3. The summed E-state index contributed by atoms with van der Waals surface area (Å²) in [7, 11) is 2.90. The molecule has 0 bridgehead atoms. The van der Waals surface area contributed by atoms with Crippen molar-refractivity contribution < 1.29 is 14.5 Å². The highest BCUT2D eigenvalue weighted by Crippen LogP contribution is 2.20. The number of amides is 1. The van der Waals surface area contributed by atoms with Crippen LogP contribution in [0.1, 0.15) is 23.6 Å². The molecule has 8 heteroatoms. The van der Waals surface area contributed by atoms with Crippen LogP contribution in [0.15, 0.2) is 52.8 Å². The van der Waals surface area contributed by atoms with Gasteiger partial charge in [-0.05, 0) is 25.1 Å². The average Bonchev–Trinajstić information content (AvgIpc) is 2.65. The number of nitrogens with zero attached hydrogens (tertiary/aromatic N) is 2. The lowest BCUT2D eigenvalue weighted by Gasteiger charge is -2.10. The van der Waals surface area contributed by atoms with E-state index in [2.05, 4.69) is 15.6 Å². The maximum absolute atomic E-state index is 12.1. The Balaban J connectivity index is 2.21. The zero-order valence-electron chi connectivity index (χ0n) is 15.1. The van der Waals surface area contributed by atoms with Crippen molar-refractivity contribution in [2.24, 2.45) is 10.3 Å². The minimum Gasteiger partial charge on any atom is -0.398 e. The molecule has 0 fully saturated rings. The summed E-state index contributed by atoms with van der Waals surface area (Å²) in [6, 6.07) is 12.4. The van der Waals surface area contributed by atoms with Gasteiger partial charge in [-0.25, -0.2) is 0 Å². The summed E-state index contributed by atoms with van der Waals surface area (Å²) < 4.78 is 0. The van der Waals surface area contributed by atoms with Gasteiger partial charge >= 0.3 is 0 Å². The predicted octanol–water partition coefficient (Wildman–Crippen LogP) is 4.03. The molecule has 142 valence electrons. The van der Waals surface area contributed by atoms with Crippen LogP contribution in [0, 0.1) is 0 Å². The summed E-state index contributed by atoms with van der Waals surface area (Å²) >= 11 is 12.0. The molecular formula is C19H19Cl2N3O3. The van der Waals surface area contributed by atoms with Gasteiger partial charge in [0, 0.05) is 33.8 Å². The van der Waals surface area contributed by atoms with Gasteiger partial charge in [-0.1, -0.05) is 57.8 Å². The number of oxime groups is 2. The first-order chi connectivity index (χ1) is 13.0. The van der Waals surface area contributed by atoms with Crippen LogP contribution in [0.4, 0.5) is 0 Å². The van der Waals surface area contributed by atoms with Gasteiger partial charge < -0.3 is 15.0 Å². The Morgan fingerprint density at radius 3 is 2.41 bits per heavy atom. The molecule has 2 aromatic rings. The first-order valence-corrected chi connectivity index (χ1v) is 8.76. The zero-order valence-corrected chi connectivity index (χ0v) is 16.6. The summed E-state index contributed by atoms with van der Waals surface area (Å²) in [5, 5.41) is 11.5. The average molecular weight is 408 g/mol. The van der Waals surface area contributed by atoms with Gasteiger partial charge in [0.15, 0.2) is 5.71 Å². The third-order valence-electron chi connectivity index (χ3n) is 3.60. The number of likely N-dealkylation sites (N-methyl/N-ethyl adjacent to an activating group) is 1. The first kappa shape index (κ1) is 20.7. The molecule has 0 aliphatic rings. The van der Waals surface area contributed by atoms with Gasteiger partial charge in [-0.3, -0.25) is 4.79 Å². The lowest BCUT2D eigenvalue weighted by Crippen LogP contribution is -2.29. The lowest BCUT2D eigenvalue weighted by atomic mass is 10.0. The van der Waals surface area contributed by atoms with Crippen LogP contribution >= 0.6 is 23.2 Å². The van der Waals surface area contributed by atoms with Crippen LogP contribution in [0.5, 0.6) is 0 Å². The van der Waals surface area contributed by atoms with Crippen molar-refractivity contribution in [3.05, 3.63) is 69.2 Å². The molecule has 0 atom stereocenters. The van der Waals surface area contributed by atoms with Crippen LogP contribution in [0.25, 0.3) is 0 Å². The number of nitrogens with one attached hydrogen (secondary N) is 1. The largest absolute Gasteiger partial charge is 0.398 e. The van der Waals surface area contributed by atoms with E-state index >= 15 is 0 Å². The molecule has 0 radical (unpaired) electrons. The summed E-state index contributed by atoms with van der Waals surface area (Å²) in [5.41, 5.74) is 2.86. The molecule has 2 aromatic carbocycles. The number of carbonyl (C=O) groups is 1. The van der Waals surface area contributed by atoms with Gasteiger partial charge in [0.25, 0.3) is 5.91 Å². The van der Waals surface area contributed by atoms with E-state index < -0.39 is 0 Å². The van der Waals surface area contributed by atoms with E-state index in [1.54, 1.807) is 37.3 Å². The Hall–Kier alpha value is -2.57. The Bertz CT molecular complexity index is 862. The first-order valence-electron chi connectivity index (χ1n) is 8.00. The molecule has 0 aromatic heterocycles. The predicted molar refractivity (Wildman–Crippen MR) is 108 cm³/mol. The van der Waals surface area contributed by atoms with Crippen molar-refractivity contribution in [3.8, 4) is 0 Å². The van der Waals surface area contributed by atoms with Crippen molar-refractivity contribution in [1.29, 1.82) is 0 Å². The number of hydrogen-bond donors (Lipinski definition) is 1. The highest BCUT2D eigenvalue weighted by Gasteiger charge is 2.17. The molecule has 0 saturated carbocycles. The van der Waals surface area contributed by atoms with Crippen molar-refractivity contribution in [3.63, 3.8) is 0 Å². The Kier molecular flexibility index (Phi) is 7.64. The normalized spacial score (nSPS) is 11.9. The molecule has 0 unspecified atom stereocenters. The maximum Gasteiger partial charge on any atom is 0.273 e. The number of rotatable bonds is 7. The highest BCUT2D eigenvalue weighted by molar-refractivity contribution is 6.45. The second-order valence-electron chi connectivity index (χ2n) is 5.47. The molecule has 0 spiro atoms. The molecule has 6 nitrogen and oxygen atoms in total. The van der Waals surface area contributed by atoms with E-state index in [1.165, 1.54) is 14.2 Å². The monoisotopic (exact) mass is 407 g/mol. The fourth-order valence-corrected chi connectivity index (χ4v) is 2.84. The van der Waals surface area contributed by atoms with Crippen LogP contribution in [-0.4, -0.2) is 31.5 Å². The van der Waals surface area contributed by atoms with Gasteiger partial charge in [0.2, 0.25) is 0 Å². The molecule has 2 rings (SSSR count). The SMILES string of the molecule is CNC(=O)/C(=N/OC)c1ccccc1CO/N=C(\C)c1cc(Cl)cc(Cl)c1. The van der Waals surface area contributed by atoms with Crippen molar-refractivity contribution in [2.75, 3.05) is 14.2 Å². The number of halogens is 2. The molecule has 0 saturated heterocycles. The summed E-state index contributed by atoms with van der Waals surface area (Å²) in [5.74, 6) is -0.363. The zero-order chi connectivity index (χ0) is 19.8. The molecular weight excluding hydrogens is 389 g/mol. The van der Waals surface area contributed by atoms with E-state index in [0.717, 1.165) is 11.1 Å². The minimum absolute atomic E-state index is 0.140. The van der Waals surface area contributed by atoms with Crippen LogP contribution in [0.3, 0.4) is 0 Å². The van der Waals surface area contributed by atoms with E-state index in [9.17, 15) is 4.79 Å². The Labute approximate surface area is 167 Å². The van der Waals surface area contributed by atoms with Gasteiger partial charge in [0.1, 0.15) is 13.7 Å². The summed E-state index contributed by atoms with van der Waals surface area (Å²) in [6.07, 6.45) is 0. The van der Waals surface area contributed by atoms with Gasteiger partial charge in [-0.15, -0.1) is 0 Å². The van der Waals surface area contributed by atoms with Crippen molar-refractivity contribution >= 4 is 40.5 Å². The quantitative estimate of drug-likeness (QED) is 0.556. The molecule has 0 heterocycles. The van der Waals surface area contributed by atoms with E-state index in [4.69, 9.17) is 32.9 Å². The summed E-state index contributed by atoms with van der Waals surface area (Å²) in [6.45, 7) is 1.93. The third kappa shape index (κ3) is 5.70. The number of hydrogen-bond acceptors (Lipinski definition) is 5. The number of carbonyl (C=O) groups excluding carboxylic acids is 1. The van der Waals surface area contributed by atoms with Crippen LogP contribution in [-0.2, 0) is 21.1 Å². The molecule has 1 N–H and O–H groups in total. The minimum atomic E-state index is -0.363. The van der Waals surface area contributed by atoms with E-state index in [1.807, 2.05) is 12.1 Å². The fourth-order valence-electron chi connectivity index (χ4n) is 2.31. The van der Waals surface area contributed by atoms with E-state index in [0.29, 0.717) is 21.3 Å². The fraction of sp³-hybridized carbons (Fsp3) is 0.211. The van der Waals surface area contributed by atoms with Crippen LogP contribution < -0.4 is 5.32 Å². The van der Waals surface area contributed by atoms with Crippen molar-refractivity contribution in [2.45, 2.75) is 13.5 Å². The standard InChI is InChI=1S/C19H19Cl2N3O3/c1-12(14-8-15(20)10-16(21)9-14)23-27-11-13-6-4-5-7-17(13)18(24-26-3)19(25)22-2/h4-10H,11H2,1-3H3,(H,22,25)/b23-12+,24-18+. The second kappa shape index (κ2) is 9.94. The molecule has 0 aliphatic heterocycles.